The van der Waals surface area contributed by atoms with E-state index in [0.29, 0.717) is 48.1 Å². The first-order valence-corrected chi connectivity index (χ1v) is 13.3. The van der Waals surface area contributed by atoms with Gasteiger partial charge in [0, 0.05) is 57.2 Å². The van der Waals surface area contributed by atoms with Gasteiger partial charge in [-0.25, -0.2) is 9.97 Å². The van der Waals surface area contributed by atoms with Crippen LogP contribution in [-0.4, -0.2) is 63.5 Å². The number of carbonyl (C=O) groups is 1. The van der Waals surface area contributed by atoms with Crippen LogP contribution in [0.5, 0.6) is 17.4 Å². The van der Waals surface area contributed by atoms with Crippen molar-refractivity contribution < 1.29 is 14.3 Å². The molecule has 1 saturated heterocycles. The molecule has 1 aliphatic heterocycles. The number of nitrogens with zero attached hydrogens (tertiary/aromatic N) is 6. The van der Waals surface area contributed by atoms with Gasteiger partial charge in [-0.2, -0.15) is 5.26 Å². The molecule has 204 valence electrons. The van der Waals surface area contributed by atoms with Crippen LogP contribution < -0.4 is 9.47 Å². The summed E-state index contributed by atoms with van der Waals surface area (Å²) in [4.78, 5) is 26.3. The quantitative estimate of drug-likeness (QED) is 0.325. The summed E-state index contributed by atoms with van der Waals surface area (Å²) in [6.45, 7) is 8.04. The summed E-state index contributed by atoms with van der Waals surface area (Å²) in [5.41, 5.74) is 3.98. The molecule has 5 rings (SSSR count). The molecule has 9 nitrogen and oxygen atoms in total. The van der Waals surface area contributed by atoms with E-state index in [0.717, 1.165) is 42.4 Å². The van der Waals surface area contributed by atoms with Crippen molar-refractivity contribution in [3.05, 3.63) is 101 Å². The number of methoxy groups -OCH3 is 1. The van der Waals surface area contributed by atoms with Gasteiger partial charge in [-0.15, -0.1) is 0 Å². The molecule has 0 aliphatic carbocycles. The van der Waals surface area contributed by atoms with E-state index in [1.54, 1.807) is 19.2 Å². The van der Waals surface area contributed by atoms with Crippen molar-refractivity contribution in [3.63, 3.8) is 0 Å². The Hall–Kier alpha value is -4.68. The zero-order chi connectivity index (χ0) is 28.1. The molecule has 4 aromatic rings. The molecule has 2 aromatic carbocycles. The third kappa shape index (κ3) is 5.98. The Kier molecular flexibility index (Phi) is 8.08. The minimum Gasteiger partial charge on any atom is -0.496 e. The van der Waals surface area contributed by atoms with Gasteiger partial charge in [-0.1, -0.05) is 24.3 Å². The van der Waals surface area contributed by atoms with Gasteiger partial charge in [0.1, 0.15) is 23.4 Å². The molecule has 0 bridgehead atoms. The van der Waals surface area contributed by atoms with Gasteiger partial charge in [-0.05, 0) is 49.7 Å². The highest BCUT2D eigenvalue weighted by Crippen LogP contribution is 2.26. The van der Waals surface area contributed by atoms with Crippen molar-refractivity contribution in [1.82, 2.24) is 24.3 Å². The average molecular weight is 537 g/mol. The summed E-state index contributed by atoms with van der Waals surface area (Å²) < 4.78 is 13.6. The number of hydrogen-bond acceptors (Lipinski definition) is 7. The number of piperazine rings is 1. The topological polar surface area (TPSA) is 96.5 Å². The largest absolute Gasteiger partial charge is 0.496 e. The van der Waals surface area contributed by atoms with Crippen molar-refractivity contribution in [3.8, 4) is 23.4 Å². The molecule has 0 N–H and O–H groups in total. The molecule has 0 radical (unpaired) electrons. The zero-order valence-electron chi connectivity index (χ0n) is 23.0. The first-order valence-electron chi connectivity index (χ1n) is 13.3. The van der Waals surface area contributed by atoms with Gasteiger partial charge in [0.05, 0.1) is 23.9 Å². The number of carbonyl (C=O) groups excluding carboxylic acids is 1. The molecule has 40 heavy (non-hydrogen) atoms. The summed E-state index contributed by atoms with van der Waals surface area (Å²) in [6.07, 6.45) is 1.92. The zero-order valence-corrected chi connectivity index (χ0v) is 23.0. The van der Waals surface area contributed by atoms with Crippen LogP contribution >= 0.6 is 0 Å². The first kappa shape index (κ1) is 26.9. The number of pyridine rings is 1. The van der Waals surface area contributed by atoms with Crippen molar-refractivity contribution >= 4 is 5.91 Å². The number of rotatable bonds is 8. The van der Waals surface area contributed by atoms with Crippen molar-refractivity contribution in [2.45, 2.75) is 26.9 Å². The number of benzene rings is 2. The minimum absolute atomic E-state index is 0.00214. The first-order chi connectivity index (χ1) is 19.4. The number of aromatic nitrogens is 3. The monoisotopic (exact) mass is 536 g/mol. The average Bonchev–Trinajstić information content (AvgIpc) is 3.31. The fourth-order valence-electron chi connectivity index (χ4n) is 4.90. The highest BCUT2D eigenvalue weighted by atomic mass is 16.5. The van der Waals surface area contributed by atoms with Gasteiger partial charge in [0.25, 0.3) is 5.91 Å². The van der Waals surface area contributed by atoms with Crippen LogP contribution in [0.1, 0.15) is 38.7 Å². The van der Waals surface area contributed by atoms with Crippen molar-refractivity contribution in [1.29, 1.82) is 5.26 Å². The maximum atomic E-state index is 13.1. The molecule has 1 amide bonds. The highest BCUT2D eigenvalue weighted by molar-refractivity contribution is 5.97. The standard InChI is InChI=1S/C31H32N6O3/c1-22-7-6-10-30(34-22)40-29-17-24(11-12-25(29)18-32)20-37-23(2)33-19-26(37)21-35-13-15-36(16-14-35)31(38)27-8-4-5-9-28(27)39-3/h4-12,17,19H,13-16,20-21H2,1-3H3. The minimum atomic E-state index is -0.00214. The number of hydrogen-bond donors (Lipinski definition) is 0. The van der Waals surface area contributed by atoms with Gasteiger partial charge < -0.3 is 18.9 Å². The second-order valence-corrected chi connectivity index (χ2v) is 9.81. The number of nitriles is 1. The lowest BCUT2D eigenvalue weighted by atomic mass is 10.1. The van der Waals surface area contributed by atoms with E-state index < -0.39 is 0 Å². The van der Waals surface area contributed by atoms with Gasteiger partial charge in [0.15, 0.2) is 0 Å². The normalized spacial score (nSPS) is 13.6. The molecule has 1 fully saturated rings. The summed E-state index contributed by atoms with van der Waals surface area (Å²) in [5.74, 6) is 2.44. The van der Waals surface area contributed by atoms with Gasteiger partial charge in [-0.3, -0.25) is 9.69 Å². The smallest absolute Gasteiger partial charge is 0.257 e. The number of imidazole rings is 1. The van der Waals surface area contributed by atoms with Crippen LogP contribution in [0, 0.1) is 25.2 Å². The second-order valence-electron chi connectivity index (χ2n) is 9.81. The van der Waals surface area contributed by atoms with Crippen molar-refractivity contribution in [2.24, 2.45) is 0 Å². The molecule has 0 unspecified atom stereocenters. The Morgan fingerprint density at radius 3 is 2.52 bits per heavy atom. The third-order valence-corrected chi connectivity index (χ3v) is 7.10. The lowest BCUT2D eigenvalue weighted by molar-refractivity contribution is 0.0622. The van der Waals surface area contributed by atoms with Crippen LogP contribution in [0.25, 0.3) is 0 Å². The maximum Gasteiger partial charge on any atom is 0.257 e. The van der Waals surface area contributed by atoms with Crippen LogP contribution in [0.3, 0.4) is 0 Å². The molecular formula is C31H32N6O3. The molecule has 0 atom stereocenters. The number of aryl methyl sites for hydroxylation is 2. The van der Waals surface area contributed by atoms with Crippen LogP contribution in [0.2, 0.25) is 0 Å². The summed E-state index contributed by atoms with van der Waals surface area (Å²) in [5, 5.41) is 9.61. The molecule has 3 heterocycles. The molecule has 9 heteroatoms. The molecule has 2 aromatic heterocycles. The van der Waals surface area contributed by atoms with E-state index in [1.807, 2.05) is 73.5 Å². The Morgan fingerprint density at radius 2 is 1.77 bits per heavy atom. The van der Waals surface area contributed by atoms with E-state index in [1.165, 1.54) is 0 Å². The Bertz CT molecular complexity index is 1550. The number of ether oxygens (including phenoxy) is 2. The van der Waals surface area contributed by atoms with Gasteiger partial charge >= 0.3 is 0 Å². The van der Waals surface area contributed by atoms with Crippen LogP contribution in [0.15, 0.2) is 66.9 Å². The van der Waals surface area contributed by atoms with E-state index in [-0.39, 0.29) is 5.91 Å². The number of amides is 1. The second kappa shape index (κ2) is 12.0. The Morgan fingerprint density at radius 1 is 0.975 bits per heavy atom. The van der Waals surface area contributed by atoms with Gasteiger partial charge in [0.2, 0.25) is 5.88 Å². The molecule has 0 saturated carbocycles. The fraction of sp³-hybridized carbons (Fsp3) is 0.290. The van der Waals surface area contributed by atoms with Crippen molar-refractivity contribution in [2.75, 3.05) is 33.3 Å². The summed E-state index contributed by atoms with van der Waals surface area (Å²) in [6, 6.07) is 20.7. The SMILES string of the molecule is COc1ccccc1C(=O)N1CCN(Cc2cnc(C)n2Cc2ccc(C#N)c(Oc3cccc(C)n3)c2)CC1. The predicted octanol–water partition coefficient (Wildman–Crippen LogP) is 4.57. The highest BCUT2D eigenvalue weighted by Gasteiger charge is 2.25. The predicted molar refractivity (Wildman–Crippen MR) is 150 cm³/mol. The lowest BCUT2D eigenvalue weighted by Gasteiger charge is -2.35. The van der Waals surface area contributed by atoms with Crippen LogP contribution in [-0.2, 0) is 13.1 Å². The molecule has 1 aliphatic rings. The lowest BCUT2D eigenvalue weighted by Crippen LogP contribution is -2.48. The van der Waals surface area contributed by atoms with Crippen LogP contribution in [0.4, 0.5) is 0 Å². The summed E-state index contributed by atoms with van der Waals surface area (Å²) in [7, 11) is 1.59. The fourth-order valence-corrected chi connectivity index (χ4v) is 4.90. The van der Waals surface area contributed by atoms with E-state index in [2.05, 4.69) is 25.5 Å². The van der Waals surface area contributed by atoms with E-state index >= 15 is 0 Å². The Labute approximate surface area is 234 Å². The van der Waals surface area contributed by atoms with E-state index in [4.69, 9.17) is 9.47 Å². The number of para-hydroxylation sites is 1. The maximum absolute atomic E-state index is 13.1. The summed E-state index contributed by atoms with van der Waals surface area (Å²) >= 11 is 0. The molecule has 0 spiro atoms. The molecular weight excluding hydrogens is 504 g/mol. The van der Waals surface area contributed by atoms with E-state index in [9.17, 15) is 10.1 Å². The third-order valence-electron chi connectivity index (χ3n) is 7.10. The Balaban J connectivity index is 1.26.